The highest BCUT2D eigenvalue weighted by atomic mass is 15.3. The number of unbranched alkanes of at least 4 members (excludes halogenated alkanes) is 1. The second kappa shape index (κ2) is 7.02. The van der Waals surface area contributed by atoms with Crippen LogP contribution in [-0.2, 0) is 0 Å². The van der Waals surface area contributed by atoms with Crippen LogP contribution in [0.1, 0.15) is 25.7 Å². The highest BCUT2D eigenvalue weighted by Crippen LogP contribution is 2.21. The Labute approximate surface area is 118 Å². The van der Waals surface area contributed by atoms with Gasteiger partial charge in [-0.3, -0.25) is 4.90 Å². The maximum Gasteiger partial charge on any atom is 0.0224 e. The normalized spacial score (nSPS) is 30.6. The van der Waals surface area contributed by atoms with E-state index in [1.807, 2.05) is 0 Å². The maximum absolute atomic E-state index is 3.42. The molecule has 0 amide bonds. The molecule has 19 heavy (non-hydrogen) atoms. The second-order valence-corrected chi connectivity index (χ2v) is 6.43. The van der Waals surface area contributed by atoms with Gasteiger partial charge in [-0.1, -0.05) is 0 Å². The quantitative estimate of drug-likeness (QED) is 0.730. The van der Waals surface area contributed by atoms with E-state index in [1.54, 1.807) is 0 Å². The van der Waals surface area contributed by atoms with Crippen LogP contribution in [0.2, 0.25) is 0 Å². The zero-order chi connectivity index (χ0) is 12.9. The first-order chi connectivity index (χ1) is 9.42. The van der Waals surface area contributed by atoms with Crippen molar-refractivity contribution in [2.24, 2.45) is 0 Å². The molecule has 0 spiro atoms. The summed E-state index contributed by atoms with van der Waals surface area (Å²) < 4.78 is 0. The molecule has 3 saturated heterocycles. The first-order valence-corrected chi connectivity index (χ1v) is 8.31. The van der Waals surface area contributed by atoms with Crippen LogP contribution >= 0.6 is 0 Å². The van der Waals surface area contributed by atoms with E-state index in [0.717, 1.165) is 6.04 Å². The predicted molar refractivity (Wildman–Crippen MR) is 79.6 cm³/mol. The molecule has 0 aromatic rings. The molecule has 1 atom stereocenters. The third kappa shape index (κ3) is 3.91. The molecular weight excluding hydrogens is 236 g/mol. The third-order valence-corrected chi connectivity index (χ3v) is 5.08. The zero-order valence-electron chi connectivity index (χ0n) is 12.3. The summed E-state index contributed by atoms with van der Waals surface area (Å²) in [5.74, 6) is 0. The second-order valence-electron chi connectivity index (χ2n) is 6.43. The molecule has 3 heterocycles. The number of nitrogens with zero attached hydrogens (tertiary/aromatic N) is 3. The SMILES string of the molecule is C(CCN1CCN2CCCC2C1)CN1CCNCC1. The average molecular weight is 266 g/mol. The molecule has 110 valence electrons. The third-order valence-electron chi connectivity index (χ3n) is 5.08. The lowest BCUT2D eigenvalue weighted by Crippen LogP contribution is -2.50. The minimum Gasteiger partial charge on any atom is -0.314 e. The molecule has 0 aliphatic carbocycles. The van der Waals surface area contributed by atoms with Crippen molar-refractivity contribution in [3.05, 3.63) is 0 Å². The molecular formula is C15H30N4. The lowest BCUT2D eigenvalue weighted by molar-refractivity contribution is 0.102. The Bertz CT molecular complexity index is 265. The van der Waals surface area contributed by atoms with E-state index in [9.17, 15) is 0 Å². The summed E-state index contributed by atoms with van der Waals surface area (Å²) in [5.41, 5.74) is 0. The maximum atomic E-state index is 3.42. The first-order valence-electron chi connectivity index (χ1n) is 8.31. The van der Waals surface area contributed by atoms with Crippen LogP contribution in [0.3, 0.4) is 0 Å². The summed E-state index contributed by atoms with van der Waals surface area (Å²) in [6.45, 7) is 12.8. The van der Waals surface area contributed by atoms with E-state index in [4.69, 9.17) is 0 Å². The fourth-order valence-corrected chi connectivity index (χ4v) is 3.86. The Balaban J connectivity index is 1.27. The summed E-state index contributed by atoms with van der Waals surface area (Å²) in [4.78, 5) is 8.03. The Kier molecular flexibility index (Phi) is 5.10. The topological polar surface area (TPSA) is 21.8 Å². The zero-order valence-corrected chi connectivity index (χ0v) is 12.3. The van der Waals surface area contributed by atoms with Crippen molar-refractivity contribution in [2.75, 3.05) is 65.4 Å². The lowest BCUT2D eigenvalue weighted by atomic mass is 10.1. The van der Waals surface area contributed by atoms with Gasteiger partial charge in [-0.15, -0.1) is 0 Å². The van der Waals surface area contributed by atoms with Gasteiger partial charge in [0.1, 0.15) is 0 Å². The van der Waals surface area contributed by atoms with Gasteiger partial charge in [0.15, 0.2) is 0 Å². The van der Waals surface area contributed by atoms with Gasteiger partial charge in [-0.25, -0.2) is 0 Å². The summed E-state index contributed by atoms with van der Waals surface area (Å²) in [6, 6.07) is 0.891. The van der Waals surface area contributed by atoms with Crippen molar-refractivity contribution in [2.45, 2.75) is 31.7 Å². The number of piperazine rings is 2. The van der Waals surface area contributed by atoms with Gasteiger partial charge >= 0.3 is 0 Å². The standard InChI is InChI=1S/C15H30N4/c1(7-17-10-5-16-6-11-17)2-8-18-12-13-19-9-3-4-15(19)14-18/h15-16H,1-14H2. The molecule has 4 heteroatoms. The van der Waals surface area contributed by atoms with E-state index in [1.165, 1.54) is 91.1 Å². The van der Waals surface area contributed by atoms with Gasteiger partial charge in [0.25, 0.3) is 0 Å². The van der Waals surface area contributed by atoms with Crippen LogP contribution < -0.4 is 5.32 Å². The van der Waals surface area contributed by atoms with Crippen molar-refractivity contribution in [1.29, 1.82) is 0 Å². The smallest absolute Gasteiger partial charge is 0.0224 e. The van der Waals surface area contributed by atoms with Gasteiger partial charge in [-0.2, -0.15) is 0 Å². The van der Waals surface area contributed by atoms with E-state index in [-0.39, 0.29) is 0 Å². The van der Waals surface area contributed by atoms with Crippen LogP contribution in [0.4, 0.5) is 0 Å². The van der Waals surface area contributed by atoms with Crippen LogP contribution in [0.15, 0.2) is 0 Å². The summed E-state index contributed by atoms with van der Waals surface area (Å²) >= 11 is 0. The fraction of sp³-hybridized carbons (Fsp3) is 1.00. The predicted octanol–water partition coefficient (Wildman–Crippen LogP) is 0.452. The highest BCUT2D eigenvalue weighted by molar-refractivity contribution is 4.86. The van der Waals surface area contributed by atoms with E-state index < -0.39 is 0 Å². The Morgan fingerprint density at radius 1 is 0.842 bits per heavy atom. The minimum atomic E-state index is 0.891. The van der Waals surface area contributed by atoms with Crippen molar-refractivity contribution in [1.82, 2.24) is 20.0 Å². The molecule has 0 saturated carbocycles. The van der Waals surface area contributed by atoms with Crippen molar-refractivity contribution in [3.63, 3.8) is 0 Å². The van der Waals surface area contributed by atoms with E-state index in [2.05, 4.69) is 20.0 Å². The van der Waals surface area contributed by atoms with Gasteiger partial charge < -0.3 is 15.1 Å². The summed E-state index contributed by atoms with van der Waals surface area (Å²) in [5, 5.41) is 3.42. The number of fused-ring (bicyclic) bond motifs is 1. The molecule has 3 fully saturated rings. The number of hydrogen-bond donors (Lipinski definition) is 1. The number of nitrogens with one attached hydrogen (secondary N) is 1. The van der Waals surface area contributed by atoms with Crippen LogP contribution in [0, 0.1) is 0 Å². The van der Waals surface area contributed by atoms with Crippen LogP contribution in [0.25, 0.3) is 0 Å². The van der Waals surface area contributed by atoms with Crippen LogP contribution in [0.5, 0.6) is 0 Å². The summed E-state index contributed by atoms with van der Waals surface area (Å²) in [7, 11) is 0. The Hall–Kier alpha value is -0.160. The first kappa shape index (κ1) is 13.8. The van der Waals surface area contributed by atoms with Gasteiger partial charge in [-0.05, 0) is 45.3 Å². The van der Waals surface area contributed by atoms with E-state index in [0.29, 0.717) is 0 Å². The minimum absolute atomic E-state index is 0.891. The molecule has 1 unspecified atom stereocenters. The number of rotatable bonds is 5. The molecule has 3 rings (SSSR count). The largest absolute Gasteiger partial charge is 0.314 e. The molecule has 0 aromatic heterocycles. The molecule has 0 aromatic carbocycles. The lowest BCUT2D eigenvalue weighted by Gasteiger charge is -2.37. The molecule has 3 aliphatic heterocycles. The van der Waals surface area contributed by atoms with Crippen molar-refractivity contribution >= 4 is 0 Å². The van der Waals surface area contributed by atoms with Gasteiger partial charge in [0, 0.05) is 51.9 Å². The van der Waals surface area contributed by atoms with Crippen molar-refractivity contribution < 1.29 is 0 Å². The highest BCUT2D eigenvalue weighted by Gasteiger charge is 2.29. The summed E-state index contributed by atoms with van der Waals surface area (Å²) in [6.07, 6.45) is 5.64. The van der Waals surface area contributed by atoms with Crippen molar-refractivity contribution in [3.8, 4) is 0 Å². The molecule has 1 N–H and O–H groups in total. The monoisotopic (exact) mass is 266 g/mol. The van der Waals surface area contributed by atoms with Crippen LogP contribution in [-0.4, -0.2) is 86.2 Å². The molecule has 0 radical (unpaired) electrons. The van der Waals surface area contributed by atoms with Gasteiger partial charge in [0.2, 0.25) is 0 Å². The average Bonchev–Trinajstić information content (AvgIpc) is 2.92. The molecule has 3 aliphatic rings. The van der Waals surface area contributed by atoms with E-state index >= 15 is 0 Å². The Morgan fingerprint density at radius 2 is 1.63 bits per heavy atom. The molecule has 4 nitrogen and oxygen atoms in total. The van der Waals surface area contributed by atoms with Gasteiger partial charge in [0.05, 0.1) is 0 Å². The Morgan fingerprint density at radius 3 is 2.47 bits per heavy atom. The fourth-order valence-electron chi connectivity index (χ4n) is 3.86. The number of hydrogen-bond acceptors (Lipinski definition) is 4. The molecule has 0 bridgehead atoms.